The third-order valence-corrected chi connectivity index (χ3v) is 4.76. The number of nitrogens with zero attached hydrogens (tertiary/aromatic N) is 2. The summed E-state index contributed by atoms with van der Waals surface area (Å²) in [6.45, 7) is 2.50. The Hall–Kier alpha value is -2.17. The van der Waals surface area contributed by atoms with Crippen LogP contribution in [-0.2, 0) is 16.0 Å². The molecule has 1 saturated heterocycles. The Morgan fingerprint density at radius 3 is 2.50 bits per heavy atom. The van der Waals surface area contributed by atoms with Gasteiger partial charge in [-0.2, -0.15) is 0 Å². The number of rotatable bonds is 3. The molecule has 5 heteroatoms. The first kappa shape index (κ1) is 16.7. The summed E-state index contributed by atoms with van der Waals surface area (Å²) in [5.74, 6) is -0.0329. The second kappa shape index (κ2) is 7.60. The van der Waals surface area contributed by atoms with E-state index in [2.05, 4.69) is 12.2 Å². The van der Waals surface area contributed by atoms with E-state index in [1.807, 2.05) is 4.90 Å². The van der Waals surface area contributed by atoms with Gasteiger partial charge in [-0.15, -0.1) is 0 Å². The Morgan fingerprint density at radius 2 is 1.75 bits per heavy atom. The minimum Gasteiger partial charge on any atom is -0.341 e. The Morgan fingerprint density at radius 1 is 1.04 bits per heavy atom. The van der Waals surface area contributed by atoms with E-state index in [1.54, 1.807) is 17.0 Å². The summed E-state index contributed by atoms with van der Waals surface area (Å²) in [4.78, 5) is 28.6. The van der Waals surface area contributed by atoms with Crippen LogP contribution in [0.25, 0.3) is 0 Å². The Kier molecular flexibility index (Phi) is 5.28. The maximum absolute atomic E-state index is 13.2. The van der Waals surface area contributed by atoms with Crippen molar-refractivity contribution in [3.8, 4) is 0 Å². The van der Waals surface area contributed by atoms with Crippen molar-refractivity contribution in [1.29, 1.82) is 0 Å². The summed E-state index contributed by atoms with van der Waals surface area (Å²) >= 11 is 0. The van der Waals surface area contributed by atoms with Crippen LogP contribution in [0.2, 0.25) is 0 Å². The normalized spacial score (nSPS) is 18.7. The minimum absolute atomic E-state index is 0.00238. The molecule has 3 rings (SSSR count). The van der Waals surface area contributed by atoms with Gasteiger partial charge in [0.25, 0.3) is 0 Å². The van der Waals surface area contributed by atoms with Gasteiger partial charge in [0.15, 0.2) is 0 Å². The van der Waals surface area contributed by atoms with E-state index in [4.69, 9.17) is 0 Å². The molecule has 0 saturated carbocycles. The maximum Gasteiger partial charge on any atom is 0.227 e. The van der Waals surface area contributed by atoms with Gasteiger partial charge in [-0.05, 0) is 37.0 Å². The lowest BCUT2D eigenvalue weighted by Crippen LogP contribution is -2.39. The van der Waals surface area contributed by atoms with Gasteiger partial charge < -0.3 is 9.80 Å². The zero-order chi connectivity index (χ0) is 16.9. The van der Waals surface area contributed by atoms with Gasteiger partial charge in [0.1, 0.15) is 5.82 Å². The zero-order valence-electron chi connectivity index (χ0n) is 13.8. The van der Waals surface area contributed by atoms with Crippen LogP contribution in [0.1, 0.15) is 24.8 Å². The lowest BCUT2D eigenvalue weighted by Gasteiger charge is -2.24. The van der Waals surface area contributed by atoms with Crippen molar-refractivity contribution in [2.75, 3.05) is 26.2 Å². The van der Waals surface area contributed by atoms with Gasteiger partial charge in [0, 0.05) is 32.1 Å². The van der Waals surface area contributed by atoms with Crippen LogP contribution in [0, 0.1) is 11.7 Å². The highest BCUT2D eigenvalue weighted by Crippen LogP contribution is 2.21. The molecule has 0 unspecified atom stereocenters. The molecule has 128 valence electrons. The molecule has 1 aliphatic heterocycles. The van der Waals surface area contributed by atoms with Gasteiger partial charge in [-0.3, -0.25) is 9.59 Å². The van der Waals surface area contributed by atoms with Crippen molar-refractivity contribution in [1.82, 2.24) is 9.80 Å². The molecule has 0 radical (unpaired) electrons. The molecule has 1 heterocycles. The van der Waals surface area contributed by atoms with Crippen molar-refractivity contribution < 1.29 is 14.0 Å². The Balaban J connectivity index is 1.54. The summed E-state index contributed by atoms with van der Waals surface area (Å²) in [5.41, 5.74) is 0.689. The van der Waals surface area contributed by atoms with Crippen LogP contribution in [0.3, 0.4) is 0 Å². The first-order valence-corrected chi connectivity index (χ1v) is 8.59. The standard InChI is InChI=1S/C19H23FN2O2/c20-17-8-3-5-15(13-17)14-18(23)21-9-4-10-22(12-11-21)19(24)16-6-1-2-7-16/h1-3,5,8,13,16H,4,6-7,9-12,14H2. The summed E-state index contributed by atoms with van der Waals surface area (Å²) in [6.07, 6.45) is 6.79. The summed E-state index contributed by atoms with van der Waals surface area (Å²) < 4.78 is 13.2. The van der Waals surface area contributed by atoms with Gasteiger partial charge in [0.2, 0.25) is 11.8 Å². The molecular weight excluding hydrogens is 307 g/mol. The van der Waals surface area contributed by atoms with E-state index >= 15 is 0 Å². The van der Waals surface area contributed by atoms with E-state index in [0.29, 0.717) is 31.7 Å². The highest BCUT2D eigenvalue weighted by molar-refractivity contribution is 5.81. The second-order valence-corrected chi connectivity index (χ2v) is 6.51. The van der Waals surface area contributed by atoms with E-state index in [9.17, 15) is 14.0 Å². The molecule has 2 aliphatic rings. The molecule has 1 aromatic rings. The molecule has 1 fully saturated rings. The van der Waals surface area contributed by atoms with Crippen LogP contribution < -0.4 is 0 Å². The predicted octanol–water partition coefficient (Wildman–Crippen LogP) is 2.40. The number of allylic oxidation sites excluding steroid dienone is 2. The predicted molar refractivity (Wildman–Crippen MR) is 89.7 cm³/mol. The largest absolute Gasteiger partial charge is 0.341 e. The van der Waals surface area contributed by atoms with Crippen LogP contribution in [0.15, 0.2) is 36.4 Å². The SMILES string of the molecule is O=C(Cc1cccc(F)c1)N1CCCN(C(=O)C2CC=CC2)CC1. The molecule has 1 aliphatic carbocycles. The number of hydrogen-bond donors (Lipinski definition) is 0. The fraction of sp³-hybridized carbons (Fsp3) is 0.474. The molecule has 2 amide bonds. The highest BCUT2D eigenvalue weighted by Gasteiger charge is 2.27. The van der Waals surface area contributed by atoms with Crippen LogP contribution >= 0.6 is 0 Å². The van der Waals surface area contributed by atoms with Gasteiger partial charge in [0.05, 0.1) is 6.42 Å². The first-order valence-electron chi connectivity index (χ1n) is 8.59. The fourth-order valence-corrected chi connectivity index (χ4v) is 3.40. The lowest BCUT2D eigenvalue weighted by molar-refractivity contribution is -0.136. The Bertz CT molecular complexity index is 636. The van der Waals surface area contributed by atoms with Crippen molar-refractivity contribution >= 4 is 11.8 Å². The van der Waals surface area contributed by atoms with Gasteiger partial charge >= 0.3 is 0 Å². The van der Waals surface area contributed by atoms with E-state index < -0.39 is 0 Å². The second-order valence-electron chi connectivity index (χ2n) is 6.51. The molecule has 1 aromatic carbocycles. The smallest absolute Gasteiger partial charge is 0.227 e. The molecule has 24 heavy (non-hydrogen) atoms. The van der Waals surface area contributed by atoms with Crippen molar-refractivity contribution in [3.63, 3.8) is 0 Å². The Labute approximate surface area is 141 Å². The lowest BCUT2D eigenvalue weighted by atomic mass is 10.1. The van der Waals surface area contributed by atoms with Crippen molar-refractivity contribution in [2.24, 2.45) is 5.92 Å². The average Bonchev–Trinajstić information content (AvgIpc) is 2.98. The number of benzene rings is 1. The number of halogens is 1. The monoisotopic (exact) mass is 330 g/mol. The highest BCUT2D eigenvalue weighted by atomic mass is 19.1. The number of amides is 2. The number of carbonyl (C=O) groups excluding carboxylic acids is 2. The van der Waals surface area contributed by atoms with Crippen molar-refractivity contribution in [2.45, 2.75) is 25.7 Å². The van der Waals surface area contributed by atoms with Crippen LogP contribution in [-0.4, -0.2) is 47.8 Å². The molecule has 4 nitrogen and oxygen atoms in total. The first-order chi connectivity index (χ1) is 11.6. The van der Waals surface area contributed by atoms with E-state index in [-0.39, 0.29) is 30.0 Å². The fourth-order valence-electron chi connectivity index (χ4n) is 3.40. The summed E-state index contributed by atoms with van der Waals surface area (Å²) in [6, 6.07) is 6.16. The number of carbonyl (C=O) groups is 2. The third-order valence-electron chi connectivity index (χ3n) is 4.76. The van der Waals surface area contributed by atoms with Crippen LogP contribution in [0.5, 0.6) is 0 Å². The van der Waals surface area contributed by atoms with Crippen molar-refractivity contribution in [3.05, 3.63) is 47.8 Å². The van der Waals surface area contributed by atoms with Crippen LogP contribution in [0.4, 0.5) is 4.39 Å². The molecule has 0 N–H and O–H groups in total. The summed E-state index contributed by atoms with van der Waals surface area (Å²) in [7, 11) is 0. The zero-order valence-corrected chi connectivity index (χ0v) is 13.8. The maximum atomic E-state index is 13.2. The van der Waals surface area contributed by atoms with Gasteiger partial charge in [-0.25, -0.2) is 4.39 Å². The van der Waals surface area contributed by atoms with E-state index in [0.717, 1.165) is 19.3 Å². The molecule has 0 aromatic heterocycles. The topological polar surface area (TPSA) is 40.6 Å². The molecule has 0 bridgehead atoms. The van der Waals surface area contributed by atoms with Gasteiger partial charge in [-0.1, -0.05) is 24.3 Å². The molecule has 0 spiro atoms. The number of hydrogen-bond acceptors (Lipinski definition) is 2. The van der Waals surface area contributed by atoms with E-state index in [1.165, 1.54) is 12.1 Å². The minimum atomic E-state index is -0.321. The summed E-state index contributed by atoms with van der Waals surface area (Å²) in [5, 5.41) is 0. The third kappa shape index (κ3) is 4.02. The quantitative estimate of drug-likeness (QED) is 0.799. The molecule has 0 atom stereocenters. The molecular formula is C19H23FN2O2. The average molecular weight is 330 g/mol.